The molecule has 0 aromatic heterocycles. The minimum absolute atomic E-state index is 0.0157. The molecule has 0 bridgehead atoms. The van der Waals surface area contributed by atoms with E-state index >= 15 is 0 Å². The average molecular weight is 428 g/mol. The molecule has 9 heteroatoms. The molecule has 1 atom stereocenters. The number of ether oxygens (including phenoxy) is 1. The molecule has 1 aliphatic rings. The lowest BCUT2D eigenvalue weighted by Gasteiger charge is -2.20. The van der Waals surface area contributed by atoms with Gasteiger partial charge in [0.05, 0.1) is 13.2 Å². The molecule has 1 aliphatic heterocycles. The van der Waals surface area contributed by atoms with E-state index in [1.54, 1.807) is 18.2 Å². The fourth-order valence-corrected chi connectivity index (χ4v) is 3.23. The second-order valence-corrected chi connectivity index (χ2v) is 7.69. The summed E-state index contributed by atoms with van der Waals surface area (Å²) < 4.78 is 41.4. The van der Waals surface area contributed by atoms with E-state index in [0.717, 1.165) is 18.5 Å². The number of carbonyl (C=O) groups is 1. The zero-order chi connectivity index (χ0) is 22.1. The summed E-state index contributed by atoms with van der Waals surface area (Å²) in [5.74, 6) is 0.795. The van der Waals surface area contributed by atoms with E-state index in [1.165, 1.54) is 0 Å². The van der Waals surface area contributed by atoms with Crippen LogP contribution in [0, 0.1) is 5.92 Å². The molecule has 1 unspecified atom stereocenters. The first-order valence-corrected chi connectivity index (χ1v) is 10.2. The summed E-state index contributed by atoms with van der Waals surface area (Å²) in [6.45, 7) is 6.86. The first kappa shape index (κ1) is 24.0. The highest BCUT2D eigenvalue weighted by Gasteiger charge is 2.28. The monoisotopic (exact) mass is 428 g/mol. The summed E-state index contributed by atoms with van der Waals surface area (Å²) in [5.41, 5.74) is 1.55. The Bertz CT molecular complexity index is 722. The standard InChI is InChI=1S/C21H31F3N4O2/c1-4-25-20(27-18-8-9-28(12-18)19(29)15(2)3)26-11-16-6-5-7-17(10-16)13-30-14-21(22,23)24/h5-7,10,15,18H,4,8-9,11-14H2,1-3H3,(H2,25,26,27). The number of hydrogen-bond donors (Lipinski definition) is 2. The van der Waals surface area contributed by atoms with Crippen molar-refractivity contribution in [3.63, 3.8) is 0 Å². The lowest BCUT2D eigenvalue weighted by Crippen LogP contribution is -2.45. The van der Waals surface area contributed by atoms with E-state index < -0.39 is 12.8 Å². The van der Waals surface area contributed by atoms with Crippen LogP contribution in [0.1, 0.15) is 38.3 Å². The van der Waals surface area contributed by atoms with Gasteiger partial charge in [0.15, 0.2) is 5.96 Å². The van der Waals surface area contributed by atoms with Crippen molar-refractivity contribution in [1.29, 1.82) is 0 Å². The number of carbonyl (C=O) groups excluding carboxylic acids is 1. The molecule has 0 radical (unpaired) electrons. The van der Waals surface area contributed by atoms with Crippen molar-refractivity contribution in [2.75, 3.05) is 26.2 Å². The Morgan fingerprint density at radius 3 is 2.73 bits per heavy atom. The van der Waals surface area contributed by atoms with Crippen LogP contribution in [0.3, 0.4) is 0 Å². The SMILES string of the molecule is CCNC(=NCc1cccc(COCC(F)(F)F)c1)NC1CCN(C(=O)C(C)C)C1. The molecule has 1 saturated heterocycles. The van der Waals surface area contributed by atoms with Crippen molar-refractivity contribution >= 4 is 11.9 Å². The number of nitrogens with zero attached hydrogens (tertiary/aromatic N) is 2. The van der Waals surface area contributed by atoms with Crippen LogP contribution in [0.25, 0.3) is 0 Å². The van der Waals surface area contributed by atoms with Crippen molar-refractivity contribution in [2.24, 2.45) is 10.9 Å². The highest BCUT2D eigenvalue weighted by Crippen LogP contribution is 2.16. The maximum Gasteiger partial charge on any atom is 0.411 e. The van der Waals surface area contributed by atoms with Crippen LogP contribution in [0.4, 0.5) is 13.2 Å². The second kappa shape index (κ2) is 11.2. The number of aliphatic imine (C=N–C) groups is 1. The van der Waals surface area contributed by atoms with E-state index in [9.17, 15) is 18.0 Å². The Morgan fingerprint density at radius 2 is 2.07 bits per heavy atom. The zero-order valence-electron chi connectivity index (χ0n) is 17.8. The van der Waals surface area contributed by atoms with Crippen molar-refractivity contribution < 1.29 is 22.7 Å². The van der Waals surface area contributed by atoms with E-state index in [4.69, 9.17) is 4.74 Å². The minimum Gasteiger partial charge on any atom is -0.367 e. The summed E-state index contributed by atoms with van der Waals surface area (Å²) >= 11 is 0. The second-order valence-electron chi connectivity index (χ2n) is 7.69. The van der Waals surface area contributed by atoms with E-state index in [1.807, 2.05) is 31.7 Å². The first-order valence-electron chi connectivity index (χ1n) is 10.2. The normalized spacial score (nSPS) is 17.5. The quantitative estimate of drug-likeness (QED) is 0.493. The number of halogens is 3. The zero-order valence-corrected chi connectivity index (χ0v) is 17.8. The van der Waals surface area contributed by atoms with E-state index in [-0.39, 0.29) is 24.5 Å². The number of alkyl halides is 3. The number of amides is 1. The molecule has 0 saturated carbocycles. The lowest BCUT2D eigenvalue weighted by molar-refractivity contribution is -0.176. The molecule has 0 aliphatic carbocycles. The van der Waals surface area contributed by atoms with Crippen LogP contribution < -0.4 is 10.6 Å². The number of guanidine groups is 1. The molecule has 1 fully saturated rings. The van der Waals surface area contributed by atoms with Gasteiger partial charge in [0.1, 0.15) is 6.61 Å². The van der Waals surface area contributed by atoms with Crippen LogP contribution >= 0.6 is 0 Å². The Kier molecular flexibility index (Phi) is 8.95. The molecule has 6 nitrogen and oxygen atoms in total. The maximum absolute atomic E-state index is 12.2. The molecule has 0 spiro atoms. The topological polar surface area (TPSA) is 66.0 Å². The predicted octanol–water partition coefficient (Wildman–Crippen LogP) is 3.08. The molecule has 168 valence electrons. The molecular formula is C21H31F3N4O2. The van der Waals surface area contributed by atoms with Crippen LogP contribution in [-0.2, 0) is 22.7 Å². The largest absolute Gasteiger partial charge is 0.411 e. The van der Waals surface area contributed by atoms with E-state index in [2.05, 4.69) is 15.6 Å². The molecule has 1 aromatic rings. The summed E-state index contributed by atoms with van der Waals surface area (Å²) in [6.07, 6.45) is -3.47. The number of rotatable bonds is 8. The van der Waals surface area contributed by atoms with Gasteiger partial charge in [-0.05, 0) is 24.5 Å². The number of benzene rings is 1. The molecule has 1 amide bonds. The Hall–Kier alpha value is -2.29. The Morgan fingerprint density at radius 1 is 1.33 bits per heavy atom. The average Bonchev–Trinajstić information content (AvgIpc) is 3.13. The van der Waals surface area contributed by atoms with Crippen molar-refractivity contribution in [1.82, 2.24) is 15.5 Å². The molecular weight excluding hydrogens is 397 g/mol. The van der Waals surface area contributed by atoms with Gasteiger partial charge in [0.25, 0.3) is 0 Å². The third-order valence-electron chi connectivity index (χ3n) is 4.62. The van der Waals surface area contributed by atoms with Gasteiger partial charge in [0.2, 0.25) is 5.91 Å². The number of hydrogen-bond acceptors (Lipinski definition) is 3. The molecule has 1 aromatic carbocycles. The third-order valence-corrected chi connectivity index (χ3v) is 4.62. The van der Waals surface area contributed by atoms with E-state index in [0.29, 0.717) is 31.2 Å². The molecule has 1 heterocycles. The van der Waals surface area contributed by atoms with Gasteiger partial charge in [-0.2, -0.15) is 13.2 Å². The summed E-state index contributed by atoms with van der Waals surface area (Å²) in [6, 6.07) is 7.31. The molecule has 30 heavy (non-hydrogen) atoms. The number of nitrogens with one attached hydrogen (secondary N) is 2. The van der Waals surface area contributed by atoms with Gasteiger partial charge in [-0.1, -0.05) is 38.1 Å². The van der Waals surface area contributed by atoms with Gasteiger partial charge in [-0.15, -0.1) is 0 Å². The first-order chi connectivity index (χ1) is 14.2. The Labute approximate surface area is 175 Å². The van der Waals surface area contributed by atoms with Gasteiger partial charge in [-0.25, -0.2) is 4.99 Å². The highest BCUT2D eigenvalue weighted by molar-refractivity contribution is 5.81. The predicted molar refractivity (Wildman–Crippen MR) is 110 cm³/mol. The van der Waals surface area contributed by atoms with Crippen molar-refractivity contribution in [2.45, 2.75) is 52.6 Å². The Balaban J connectivity index is 1.91. The van der Waals surface area contributed by atoms with Crippen LogP contribution in [-0.4, -0.2) is 55.2 Å². The fraction of sp³-hybridized carbons (Fsp3) is 0.619. The van der Waals surface area contributed by atoms with Gasteiger partial charge >= 0.3 is 6.18 Å². The van der Waals surface area contributed by atoms with Crippen molar-refractivity contribution in [3.8, 4) is 0 Å². The maximum atomic E-state index is 12.2. The summed E-state index contributed by atoms with van der Waals surface area (Å²) in [4.78, 5) is 18.6. The fourth-order valence-electron chi connectivity index (χ4n) is 3.23. The van der Waals surface area contributed by atoms with Crippen LogP contribution in [0.5, 0.6) is 0 Å². The smallest absolute Gasteiger partial charge is 0.367 e. The van der Waals surface area contributed by atoms with Crippen LogP contribution in [0.2, 0.25) is 0 Å². The van der Waals surface area contributed by atoms with Gasteiger partial charge in [0, 0.05) is 31.6 Å². The third kappa shape index (κ3) is 8.22. The lowest BCUT2D eigenvalue weighted by atomic mass is 10.1. The molecule has 2 rings (SSSR count). The highest BCUT2D eigenvalue weighted by atomic mass is 19.4. The summed E-state index contributed by atoms with van der Waals surface area (Å²) in [7, 11) is 0. The molecule has 2 N–H and O–H groups in total. The van der Waals surface area contributed by atoms with Gasteiger partial charge in [-0.3, -0.25) is 4.79 Å². The minimum atomic E-state index is -4.33. The van der Waals surface area contributed by atoms with Gasteiger partial charge < -0.3 is 20.3 Å². The van der Waals surface area contributed by atoms with Crippen molar-refractivity contribution in [3.05, 3.63) is 35.4 Å². The number of likely N-dealkylation sites (tertiary alicyclic amines) is 1. The van der Waals surface area contributed by atoms with Crippen LogP contribution in [0.15, 0.2) is 29.3 Å². The summed E-state index contributed by atoms with van der Waals surface area (Å²) in [5, 5.41) is 6.57.